The minimum Gasteiger partial charge on any atom is -0.497 e. The molecule has 4 rings (SSSR count). The van der Waals surface area contributed by atoms with E-state index in [-0.39, 0.29) is 17.6 Å². The first-order chi connectivity index (χ1) is 12.6. The highest BCUT2D eigenvalue weighted by atomic mass is 16.5. The minimum atomic E-state index is -0.176. The summed E-state index contributed by atoms with van der Waals surface area (Å²) in [6, 6.07) is 12.4. The van der Waals surface area contributed by atoms with Crippen LogP contribution < -0.4 is 10.1 Å². The third-order valence-corrected chi connectivity index (χ3v) is 4.71. The second kappa shape index (κ2) is 6.33. The van der Waals surface area contributed by atoms with Gasteiger partial charge < -0.3 is 14.5 Å². The molecule has 26 heavy (non-hydrogen) atoms. The van der Waals surface area contributed by atoms with Crippen LogP contribution >= 0.6 is 0 Å². The van der Waals surface area contributed by atoms with E-state index < -0.39 is 0 Å². The molecule has 1 aliphatic carbocycles. The van der Waals surface area contributed by atoms with Crippen LogP contribution in [0.1, 0.15) is 34.5 Å². The van der Waals surface area contributed by atoms with Crippen LogP contribution in [0.3, 0.4) is 0 Å². The van der Waals surface area contributed by atoms with E-state index in [9.17, 15) is 9.59 Å². The molecule has 132 valence electrons. The number of nitrogens with one attached hydrogen (secondary N) is 1. The van der Waals surface area contributed by atoms with E-state index in [1.54, 1.807) is 37.4 Å². The Bertz CT molecular complexity index is 997. The topological polar surface area (TPSA) is 68.5 Å². The summed E-state index contributed by atoms with van der Waals surface area (Å²) in [5.41, 5.74) is 2.61. The van der Waals surface area contributed by atoms with Gasteiger partial charge in [0.2, 0.25) is 11.7 Å². The van der Waals surface area contributed by atoms with Crippen LogP contribution in [0.4, 0.5) is 5.69 Å². The molecule has 1 aliphatic rings. The lowest BCUT2D eigenvalue weighted by atomic mass is 10.0. The first kappa shape index (κ1) is 16.4. The van der Waals surface area contributed by atoms with Crippen molar-refractivity contribution in [1.29, 1.82) is 0 Å². The van der Waals surface area contributed by atoms with Gasteiger partial charge in [-0.05, 0) is 56.2 Å². The molecule has 5 nitrogen and oxygen atoms in total. The van der Waals surface area contributed by atoms with Gasteiger partial charge in [0, 0.05) is 34.2 Å². The van der Waals surface area contributed by atoms with E-state index in [4.69, 9.17) is 9.15 Å². The van der Waals surface area contributed by atoms with Crippen molar-refractivity contribution in [1.82, 2.24) is 0 Å². The monoisotopic (exact) mass is 349 g/mol. The fourth-order valence-corrected chi connectivity index (χ4v) is 2.98. The third kappa shape index (κ3) is 2.96. The van der Waals surface area contributed by atoms with Gasteiger partial charge in [-0.3, -0.25) is 9.59 Å². The lowest BCUT2D eigenvalue weighted by Gasteiger charge is -2.03. The van der Waals surface area contributed by atoms with E-state index in [1.807, 2.05) is 19.1 Å². The second-order valence-electron chi connectivity index (χ2n) is 6.59. The molecule has 0 aliphatic heterocycles. The highest BCUT2D eigenvalue weighted by Crippen LogP contribution is 2.32. The predicted molar refractivity (Wildman–Crippen MR) is 98.7 cm³/mol. The fourth-order valence-electron chi connectivity index (χ4n) is 2.98. The van der Waals surface area contributed by atoms with Crippen molar-refractivity contribution in [2.45, 2.75) is 19.8 Å². The number of anilines is 1. The zero-order chi connectivity index (χ0) is 18.3. The highest BCUT2D eigenvalue weighted by Gasteiger charge is 2.29. The molecular weight excluding hydrogens is 330 g/mol. The number of hydrogen-bond donors (Lipinski definition) is 1. The Morgan fingerprint density at radius 1 is 1.12 bits per heavy atom. The number of hydrogen-bond acceptors (Lipinski definition) is 4. The molecular formula is C21H19NO4. The Balaban J connectivity index is 1.65. The van der Waals surface area contributed by atoms with Crippen LogP contribution in [0.15, 0.2) is 46.9 Å². The number of ketones is 1. The number of carbonyl (C=O) groups is 2. The molecule has 5 heteroatoms. The maximum atomic E-state index is 12.8. The molecule has 1 saturated carbocycles. The molecule has 1 heterocycles. The Hall–Kier alpha value is -3.08. The van der Waals surface area contributed by atoms with Crippen molar-refractivity contribution < 1.29 is 18.7 Å². The zero-order valence-electron chi connectivity index (χ0n) is 14.7. The summed E-state index contributed by atoms with van der Waals surface area (Å²) in [6.07, 6.45) is 1.91. The van der Waals surface area contributed by atoms with Crippen LogP contribution in [0.2, 0.25) is 0 Å². The van der Waals surface area contributed by atoms with Crippen molar-refractivity contribution in [2.75, 3.05) is 12.4 Å². The molecule has 1 aromatic heterocycles. The number of amides is 1. The maximum absolute atomic E-state index is 12.8. The molecule has 1 amide bonds. The summed E-state index contributed by atoms with van der Waals surface area (Å²) in [5, 5.41) is 3.77. The second-order valence-corrected chi connectivity index (χ2v) is 6.59. The molecule has 0 spiro atoms. The van der Waals surface area contributed by atoms with Gasteiger partial charge in [-0.25, -0.2) is 0 Å². The van der Waals surface area contributed by atoms with Gasteiger partial charge >= 0.3 is 0 Å². The van der Waals surface area contributed by atoms with Gasteiger partial charge in [-0.2, -0.15) is 0 Å². The summed E-state index contributed by atoms with van der Waals surface area (Å²) < 4.78 is 11.0. The van der Waals surface area contributed by atoms with Gasteiger partial charge in [-0.15, -0.1) is 0 Å². The molecule has 0 atom stereocenters. The molecule has 0 unspecified atom stereocenters. The number of carbonyl (C=O) groups excluding carboxylic acids is 2. The van der Waals surface area contributed by atoms with Gasteiger partial charge in [0.1, 0.15) is 11.3 Å². The molecule has 3 aromatic rings. The number of rotatable bonds is 5. The molecule has 0 saturated heterocycles. The molecule has 2 aromatic carbocycles. The number of fused-ring (bicyclic) bond motifs is 1. The number of furan rings is 1. The Morgan fingerprint density at radius 2 is 1.85 bits per heavy atom. The first-order valence-electron chi connectivity index (χ1n) is 8.59. The normalized spacial score (nSPS) is 13.6. The van der Waals surface area contributed by atoms with Crippen molar-refractivity contribution in [3.8, 4) is 5.75 Å². The first-order valence-corrected chi connectivity index (χ1v) is 8.59. The summed E-state index contributed by atoms with van der Waals surface area (Å²) in [4.78, 5) is 24.7. The van der Waals surface area contributed by atoms with Crippen molar-refractivity contribution >= 4 is 28.3 Å². The van der Waals surface area contributed by atoms with Crippen LogP contribution in [-0.2, 0) is 4.79 Å². The summed E-state index contributed by atoms with van der Waals surface area (Å²) >= 11 is 0. The average Bonchev–Trinajstić information content (AvgIpc) is 3.46. The van der Waals surface area contributed by atoms with Crippen LogP contribution in [0.5, 0.6) is 5.75 Å². The van der Waals surface area contributed by atoms with Crippen LogP contribution in [-0.4, -0.2) is 18.8 Å². The van der Waals surface area contributed by atoms with Gasteiger partial charge in [0.05, 0.1) is 7.11 Å². The summed E-state index contributed by atoms with van der Waals surface area (Å²) in [5.74, 6) is 1.01. The quantitative estimate of drug-likeness (QED) is 0.696. The number of benzene rings is 2. The minimum absolute atomic E-state index is 0.0437. The molecule has 1 N–H and O–H groups in total. The molecule has 1 fully saturated rings. The van der Waals surface area contributed by atoms with E-state index in [2.05, 4.69) is 5.32 Å². The SMILES string of the molecule is COc1ccc(C(=O)c2oc3cc(NC(=O)C4CC4)ccc3c2C)cc1. The smallest absolute Gasteiger partial charge is 0.228 e. The van der Waals surface area contributed by atoms with Crippen LogP contribution in [0, 0.1) is 12.8 Å². The summed E-state index contributed by atoms with van der Waals surface area (Å²) in [7, 11) is 1.58. The van der Waals surface area contributed by atoms with E-state index in [0.717, 1.165) is 23.8 Å². The number of methoxy groups -OCH3 is 1. The number of ether oxygens (including phenoxy) is 1. The predicted octanol–water partition coefficient (Wildman–Crippen LogP) is 4.33. The zero-order valence-corrected chi connectivity index (χ0v) is 14.7. The summed E-state index contributed by atoms with van der Waals surface area (Å²) in [6.45, 7) is 1.87. The lowest BCUT2D eigenvalue weighted by Crippen LogP contribution is -2.12. The number of aryl methyl sites for hydroxylation is 1. The maximum Gasteiger partial charge on any atom is 0.228 e. The average molecular weight is 349 g/mol. The van der Waals surface area contributed by atoms with Gasteiger partial charge in [0.15, 0.2) is 5.76 Å². The van der Waals surface area contributed by atoms with Gasteiger partial charge in [0.25, 0.3) is 0 Å². The molecule has 0 radical (unpaired) electrons. The van der Waals surface area contributed by atoms with Crippen LogP contribution in [0.25, 0.3) is 11.0 Å². The fraction of sp³-hybridized carbons (Fsp3) is 0.238. The standard InChI is InChI=1S/C21H19NO4/c1-12-17-10-7-15(22-21(24)14-3-4-14)11-18(17)26-20(12)19(23)13-5-8-16(25-2)9-6-13/h5-11,14H,3-4H2,1-2H3,(H,22,24). The Kier molecular flexibility index (Phi) is 3.99. The van der Waals surface area contributed by atoms with E-state index in [1.165, 1.54) is 0 Å². The highest BCUT2D eigenvalue weighted by molar-refractivity contribution is 6.10. The van der Waals surface area contributed by atoms with Crippen molar-refractivity contribution in [3.05, 3.63) is 59.4 Å². The largest absolute Gasteiger partial charge is 0.497 e. The van der Waals surface area contributed by atoms with Crippen molar-refractivity contribution in [3.63, 3.8) is 0 Å². The third-order valence-electron chi connectivity index (χ3n) is 4.71. The van der Waals surface area contributed by atoms with E-state index in [0.29, 0.717) is 28.3 Å². The van der Waals surface area contributed by atoms with Gasteiger partial charge in [-0.1, -0.05) is 0 Å². The Labute approximate surface area is 150 Å². The van der Waals surface area contributed by atoms with E-state index >= 15 is 0 Å². The van der Waals surface area contributed by atoms with Crippen molar-refractivity contribution in [2.24, 2.45) is 5.92 Å². The Morgan fingerprint density at radius 3 is 2.50 bits per heavy atom. The molecule has 0 bridgehead atoms. The lowest BCUT2D eigenvalue weighted by molar-refractivity contribution is -0.117.